The molecular formula is C15H25N3O2. The third-order valence-corrected chi connectivity index (χ3v) is 3.36. The number of H-pyrrole nitrogens is 1. The van der Waals surface area contributed by atoms with Gasteiger partial charge in [0, 0.05) is 11.5 Å². The van der Waals surface area contributed by atoms with Crippen molar-refractivity contribution >= 4 is 5.91 Å². The van der Waals surface area contributed by atoms with E-state index < -0.39 is 0 Å². The molecule has 0 unspecified atom stereocenters. The summed E-state index contributed by atoms with van der Waals surface area (Å²) >= 11 is 0. The Hall–Kier alpha value is -1.65. The molecule has 1 rings (SSSR count). The van der Waals surface area contributed by atoms with Gasteiger partial charge in [0.1, 0.15) is 11.4 Å². The van der Waals surface area contributed by atoms with Crippen LogP contribution in [0.2, 0.25) is 0 Å². The van der Waals surface area contributed by atoms with E-state index in [9.17, 15) is 9.59 Å². The molecule has 20 heavy (non-hydrogen) atoms. The number of aromatic nitrogens is 2. The zero-order valence-electron chi connectivity index (χ0n) is 13.3. The molecule has 1 aromatic heterocycles. The molecule has 112 valence electrons. The van der Waals surface area contributed by atoms with Crippen LogP contribution in [0.25, 0.3) is 0 Å². The third kappa shape index (κ3) is 3.68. The Balaban J connectivity index is 3.15. The lowest BCUT2D eigenvalue weighted by Crippen LogP contribution is -2.38. The minimum atomic E-state index is -0.370. The SMILES string of the molecule is CCC(CC)NC(=O)c1c(C)nc(C(C)(C)C)[nH]c1=O. The van der Waals surface area contributed by atoms with Crippen molar-refractivity contribution in [1.29, 1.82) is 0 Å². The third-order valence-electron chi connectivity index (χ3n) is 3.36. The Morgan fingerprint density at radius 2 is 1.85 bits per heavy atom. The van der Waals surface area contributed by atoms with Crippen LogP contribution in [0.5, 0.6) is 0 Å². The van der Waals surface area contributed by atoms with Crippen LogP contribution in [0, 0.1) is 6.92 Å². The monoisotopic (exact) mass is 279 g/mol. The number of amides is 1. The minimum absolute atomic E-state index is 0.0867. The van der Waals surface area contributed by atoms with Crippen LogP contribution in [-0.2, 0) is 5.41 Å². The molecular weight excluding hydrogens is 254 g/mol. The standard InChI is InChI=1S/C15H25N3O2/c1-7-10(8-2)17-12(19)11-9(3)16-14(15(4,5)6)18-13(11)20/h10H,7-8H2,1-6H3,(H,17,19)(H,16,18,20). The topological polar surface area (TPSA) is 74.8 Å². The van der Waals surface area contributed by atoms with Crippen molar-refractivity contribution in [2.45, 2.75) is 65.8 Å². The van der Waals surface area contributed by atoms with E-state index in [4.69, 9.17) is 0 Å². The fraction of sp³-hybridized carbons (Fsp3) is 0.667. The van der Waals surface area contributed by atoms with Gasteiger partial charge in [-0.25, -0.2) is 4.98 Å². The molecule has 1 aromatic rings. The van der Waals surface area contributed by atoms with E-state index in [2.05, 4.69) is 15.3 Å². The number of carbonyl (C=O) groups is 1. The summed E-state index contributed by atoms with van der Waals surface area (Å²) in [4.78, 5) is 31.4. The molecule has 0 fully saturated rings. The summed E-state index contributed by atoms with van der Waals surface area (Å²) in [6.45, 7) is 11.6. The zero-order valence-corrected chi connectivity index (χ0v) is 13.3. The zero-order chi connectivity index (χ0) is 15.5. The first-order valence-corrected chi connectivity index (χ1v) is 7.12. The lowest BCUT2D eigenvalue weighted by molar-refractivity contribution is 0.0932. The Labute approximate surface area is 120 Å². The molecule has 0 aliphatic rings. The first-order chi connectivity index (χ1) is 9.20. The molecule has 0 atom stereocenters. The van der Waals surface area contributed by atoms with E-state index in [0.29, 0.717) is 11.5 Å². The van der Waals surface area contributed by atoms with Crippen molar-refractivity contribution in [2.24, 2.45) is 0 Å². The van der Waals surface area contributed by atoms with Crippen LogP contribution in [0.15, 0.2) is 4.79 Å². The van der Waals surface area contributed by atoms with E-state index in [1.165, 1.54) is 0 Å². The number of carbonyl (C=O) groups excluding carboxylic acids is 1. The predicted octanol–water partition coefficient (Wildman–Crippen LogP) is 2.29. The van der Waals surface area contributed by atoms with Crippen molar-refractivity contribution in [3.8, 4) is 0 Å². The second kappa shape index (κ2) is 6.20. The summed E-state index contributed by atoms with van der Waals surface area (Å²) in [5, 5.41) is 2.87. The molecule has 2 N–H and O–H groups in total. The molecule has 1 heterocycles. The second-order valence-corrected chi connectivity index (χ2v) is 6.11. The maximum absolute atomic E-state index is 12.2. The Bertz CT molecular complexity index is 537. The maximum Gasteiger partial charge on any atom is 0.264 e. The quantitative estimate of drug-likeness (QED) is 0.888. The summed E-state index contributed by atoms with van der Waals surface area (Å²) < 4.78 is 0. The number of aromatic amines is 1. The molecule has 5 heteroatoms. The molecule has 0 bridgehead atoms. The molecule has 5 nitrogen and oxygen atoms in total. The van der Waals surface area contributed by atoms with Crippen molar-refractivity contribution in [1.82, 2.24) is 15.3 Å². The molecule has 0 aliphatic carbocycles. The summed E-state index contributed by atoms with van der Waals surface area (Å²) in [6.07, 6.45) is 1.68. The smallest absolute Gasteiger partial charge is 0.264 e. The summed E-state index contributed by atoms with van der Waals surface area (Å²) in [5.41, 5.74) is -0.0354. The lowest BCUT2D eigenvalue weighted by atomic mass is 9.95. The van der Waals surface area contributed by atoms with E-state index in [0.717, 1.165) is 12.8 Å². The number of hydrogen-bond acceptors (Lipinski definition) is 3. The van der Waals surface area contributed by atoms with E-state index in [1.54, 1.807) is 6.92 Å². The van der Waals surface area contributed by atoms with E-state index in [-0.39, 0.29) is 28.5 Å². The average Bonchev–Trinajstić information content (AvgIpc) is 2.33. The number of hydrogen-bond donors (Lipinski definition) is 2. The summed E-state index contributed by atoms with van der Waals surface area (Å²) in [6, 6.07) is 0.0867. The molecule has 0 spiro atoms. The highest BCUT2D eigenvalue weighted by Gasteiger charge is 2.22. The summed E-state index contributed by atoms with van der Waals surface area (Å²) in [5.74, 6) is 0.254. The van der Waals surface area contributed by atoms with Gasteiger partial charge >= 0.3 is 0 Å². The molecule has 0 radical (unpaired) electrons. The predicted molar refractivity (Wildman–Crippen MR) is 80.1 cm³/mol. The number of nitrogens with one attached hydrogen (secondary N) is 2. The minimum Gasteiger partial charge on any atom is -0.349 e. The van der Waals surface area contributed by atoms with Crippen molar-refractivity contribution in [2.75, 3.05) is 0 Å². The molecule has 0 aromatic carbocycles. The van der Waals surface area contributed by atoms with Crippen LogP contribution >= 0.6 is 0 Å². The summed E-state index contributed by atoms with van der Waals surface area (Å²) in [7, 11) is 0. The van der Waals surface area contributed by atoms with Gasteiger partial charge in [0.15, 0.2) is 0 Å². The van der Waals surface area contributed by atoms with Gasteiger partial charge in [-0.2, -0.15) is 0 Å². The van der Waals surface area contributed by atoms with Crippen molar-refractivity contribution in [3.63, 3.8) is 0 Å². The number of aryl methyl sites for hydroxylation is 1. The van der Waals surface area contributed by atoms with Gasteiger partial charge in [-0.05, 0) is 19.8 Å². The fourth-order valence-corrected chi connectivity index (χ4v) is 1.96. The van der Waals surface area contributed by atoms with Crippen LogP contribution < -0.4 is 10.9 Å². The lowest BCUT2D eigenvalue weighted by Gasteiger charge is -2.19. The van der Waals surface area contributed by atoms with Crippen LogP contribution in [0.3, 0.4) is 0 Å². The van der Waals surface area contributed by atoms with E-state index in [1.807, 2.05) is 34.6 Å². The van der Waals surface area contributed by atoms with Crippen molar-refractivity contribution < 1.29 is 4.79 Å². The number of rotatable bonds is 4. The molecule has 0 saturated heterocycles. The van der Waals surface area contributed by atoms with Gasteiger partial charge in [0.2, 0.25) is 0 Å². The van der Waals surface area contributed by atoms with Crippen LogP contribution in [-0.4, -0.2) is 21.9 Å². The average molecular weight is 279 g/mol. The first kappa shape index (κ1) is 16.4. The molecule has 0 aliphatic heterocycles. The van der Waals surface area contributed by atoms with Gasteiger partial charge in [-0.1, -0.05) is 34.6 Å². The molecule has 0 saturated carbocycles. The normalized spacial score (nSPS) is 11.8. The Morgan fingerprint density at radius 3 is 2.25 bits per heavy atom. The second-order valence-electron chi connectivity index (χ2n) is 6.11. The van der Waals surface area contributed by atoms with Crippen LogP contribution in [0.1, 0.15) is 69.3 Å². The first-order valence-electron chi connectivity index (χ1n) is 7.12. The van der Waals surface area contributed by atoms with Gasteiger partial charge in [0.25, 0.3) is 11.5 Å². The highest BCUT2D eigenvalue weighted by atomic mass is 16.2. The highest BCUT2D eigenvalue weighted by Crippen LogP contribution is 2.17. The van der Waals surface area contributed by atoms with E-state index >= 15 is 0 Å². The van der Waals surface area contributed by atoms with Gasteiger partial charge in [-0.3, -0.25) is 9.59 Å². The van der Waals surface area contributed by atoms with Gasteiger partial charge < -0.3 is 10.3 Å². The van der Waals surface area contributed by atoms with Gasteiger partial charge in [-0.15, -0.1) is 0 Å². The number of nitrogens with zero attached hydrogens (tertiary/aromatic N) is 1. The van der Waals surface area contributed by atoms with Crippen molar-refractivity contribution in [3.05, 3.63) is 27.4 Å². The maximum atomic E-state index is 12.2. The highest BCUT2D eigenvalue weighted by molar-refractivity contribution is 5.95. The fourth-order valence-electron chi connectivity index (χ4n) is 1.96. The van der Waals surface area contributed by atoms with Crippen LogP contribution in [0.4, 0.5) is 0 Å². The Kier molecular flexibility index (Phi) is 5.09. The Morgan fingerprint density at radius 1 is 1.30 bits per heavy atom. The van der Waals surface area contributed by atoms with Gasteiger partial charge in [0.05, 0.1) is 5.69 Å². The largest absolute Gasteiger partial charge is 0.349 e. The molecule has 1 amide bonds.